The molecule has 0 amide bonds. The molecule has 1 aliphatic heterocycles. The molecule has 0 spiro atoms. The number of aromatic nitrogens is 1. The van der Waals surface area contributed by atoms with Crippen LogP contribution in [0.1, 0.15) is 29.5 Å². The number of halogens is 4. The number of allylic oxidation sites excluding steroid dienone is 2. The van der Waals surface area contributed by atoms with Crippen molar-refractivity contribution in [3.05, 3.63) is 72.6 Å². The Hall–Kier alpha value is -2.08. The summed E-state index contributed by atoms with van der Waals surface area (Å²) in [4.78, 5) is 4.15. The predicted molar refractivity (Wildman–Crippen MR) is 97.4 cm³/mol. The van der Waals surface area contributed by atoms with E-state index in [1.54, 1.807) is 18.5 Å². The van der Waals surface area contributed by atoms with Crippen molar-refractivity contribution >= 4 is 22.9 Å². The lowest BCUT2D eigenvalue weighted by Gasteiger charge is -2.31. The fourth-order valence-electron chi connectivity index (χ4n) is 2.75. The fourth-order valence-corrected chi connectivity index (χ4v) is 3.70. The lowest BCUT2D eigenvalue weighted by Crippen LogP contribution is -2.42. The minimum absolute atomic E-state index is 0.0750. The number of nitrogens with zero attached hydrogens (tertiary/aromatic N) is 1. The van der Waals surface area contributed by atoms with E-state index in [1.165, 1.54) is 12.1 Å². The Morgan fingerprint density at radius 1 is 0.962 bits per heavy atom. The molecule has 0 saturated carbocycles. The second kappa shape index (κ2) is 6.91. The van der Waals surface area contributed by atoms with E-state index in [0.29, 0.717) is 18.4 Å². The van der Waals surface area contributed by atoms with Crippen LogP contribution in [0.3, 0.4) is 0 Å². The summed E-state index contributed by atoms with van der Waals surface area (Å²) < 4.78 is 54.2. The number of fused-ring (bicyclic) bond motifs is 1. The van der Waals surface area contributed by atoms with Crippen LogP contribution < -0.4 is 0 Å². The average Bonchev–Trinajstić information content (AvgIpc) is 2.60. The lowest BCUT2D eigenvalue weighted by atomic mass is 9.96. The smallest absolute Gasteiger partial charge is 0.265 e. The highest BCUT2D eigenvalue weighted by Gasteiger charge is 2.59. The zero-order chi connectivity index (χ0) is 18.9. The number of alkyl halides is 4. The average molecular weight is 379 g/mol. The highest BCUT2D eigenvalue weighted by atomic mass is 32.2. The van der Waals surface area contributed by atoms with Crippen molar-refractivity contribution in [2.75, 3.05) is 0 Å². The number of hydrogen-bond acceptors (Lipinski definition) is 2. The maximum Gasteiger partial charge on any atom is 0.360 e. The SMILES string of the molecule is C=C(CCC(=C)c1ccc2c(c1)SC(F)(F)C(F)(F)C2)c1ccncc1. The molecule has 0 bridgehead atoms. The summed E-state index contributed by atoms with van der Waals surface area (Å²) in [5.74, 6) is -4.04. The number of benzene rings is 1. The standard InChI is InChI=1S/C20H17F4NS/c1-13(15-7-9-25-10-8-15)3-4-14(2)16-5-6-17-12-19(21,22)20(23,24)26-18(17)11-16/h5-11H,1-4,12H2. The van der Waals surface area contributed by atoms with Crippen molar-refractivity contribution in [2.45, 2.75) is 35.3 Å². The third kappa shape index (κ3) is 3.70. The maximum atomic E-state index is 13.6. The monoisotopic (exact) mass is 379 g/mol. The molecule has 2 heterocycles. The molecule has 26 heavy (non-hydrogen) atoms. The highest BCUT2D eigenvalue weighted by molar-refractivity contribution is 8.00. The van der Waals surface area contributed by atoms with Crippen molar-refractivity contribution in [1.82, 2.24) is 4.98 Å². The van der Waals surface area contributed by atoms with Crippen molar-refractivity contribution in [2.24, 2.45) is 0 Å². The van der Waals surface area contributed by atoms with Crippen molar-refractivity contribution in [3.8, 4) is 0 Å². The van der Waals surface area contributed by atoms with Gasteiger partial charge in [-0.25, -0.2) is 0 Å². The van der Waals surface area contributed by atoms with Crippen LogP contribution in [0.5, 0.6) is 0 Å². The molecule has 136 valence electrons. The van der Waals surface area contributed by atoms with Gasteiger partial charge in [-0.3, -0.25) is 4.98 Å². The summed E-state index contributed by atoms with van der Waals surface area (Å²) >= 11 is -0.0750. The van der Waals surface area contributed by atoms with Crippen LogP contribution in [-0.4, -0.2) is 16.2 Å². The molecule has 1 nitrogen and oxygen atoms in total. The molecule has 0 radical (unpaired) electrons. The Morgan fingerprint density at radius 3 is 2.23 bits per heavy atom. The van der Waals surface area contributed by atoms with Crippen LogP contribution in [0.2, 0.25) is 0 Å². The molecule has 1 aliphatic rings. The Morgan fingerprint density at radius 2 is 1.58 bits per heavy atom. The summed E-state index contributed by atoms with van der Waals surface area (Å²) in [5.41, 5.74) is 3.58. The molecule has 2 aromatic rings. The molecule has 1 aromatic carbocycles. The molecular formula is C20H17F4NS. The zero-order valence-electron chi connectivity index (χ0n) is 13.9. The van der Waals surface area contributed by atoms with Crippen molar-refractivity contribution in [3.63, 3.8) is 0 Å². The third-order valence-electron chi connectivity index (χ3n) is 4.37. The molecule has 0 aliphatic carbocycles. The number of hydrogen-bond donors (Lipinski definition) is 0. The van der Waals surface area contributed by atoms with Gasteiger partial charge >= 0.3 is 11.2 Å². The molecule has 0 saturated heterocycles. The summed E-state index contributed by atoms with van der Waals surface area (Å²) in [5, 5.41) is -4.10. The Bertz CT molecular complexity index is 846. The van der Waals surface area contributed by atoms with E-state index in [4.69, 9.17) is 0 Å². The van der Waals surface area contributed by atoms with E-state index < -0.39 is 17.6 Å². The van der Waals surface area contributed by atoms with Crippen LogP contribution >= 0.6 is 11.8 Å². The predicted octanol–water partition coefficient (Wildman–Crippen LogP) is 6.46. The first-order valence-electron chi connectivity index (χ1n) is 8.03. The van der Waals surface area contributed by atoms with Gasteiger partial charge in [0.05, 0.1) is 0 Å². The van der Waals surface area contributed by atoms with Crippen molar-refractivity contribution < 1.29 is 17.6 Å². The van der Waals surface area contributed by atoms with Crippen molar-refractivity contribution in [1.29, 1.82) is 0 Å². The van der Waals surface area contributed by atoms with Gasteiger partial charge in [-0.1, -0.05) is 25.3 Å². The zero-order valence-corrected chi connectivity index (χ0v) is 14.8. The van der Waals surface area contributed by atoms with E-state index in [-0.39, 0.29) is 22.2 Å². The second-order valence-corrected chi connectivity index (χ2v) is 7.42. The first-order valence-corrected chi connectivity index (χ1v) is 8.85. The minimum atomic E-state index is -4.10. The van der Waals surface area contributed by atoms with Crippen LogP contribution in [0.15, 0.2) is 60.8 Å². The maximum absolute atomic E-state index is 13.6. The second-order valence-electron chi connectivity index (χ2n) is 6.27. The first kappa shape index (κ1) is 18.7. The quantitative estimate of drug-likeness (QED) is 0.553. The molecule has 0 fully saturated rings. The first-order chi connectivity index (χ1) is 12.2. The van der Waals surface area contributed by atoms with Gasteiger partial charge in [-0.05, 0) is 70.6 Å². The summed E-state index contributed by atoms with van der Waals surface area (Å²) in [6.07, 6.45) is 3.67. The molecule has 0 atom stereocenters. The van der Waals surface area contributed by atoms with Gasteiger partial charge in [0.1, 0.15) is 0 Å². The summed E-state index contributed by atoms with van der Waals surface area (Å²) in [6, 6.07) is 8.41. The fraction of sp³-hybridized carbons (Fsp3) is 0.250. The third-order valence-corrected chi connectivity index (χ3v) is 5.52. The van der Waals surface area contributed by atoms with E-state index in [2.05, 4.69) is 18.1 Å². The highest BCUT2D eigenvalue weighted by Crippen LogP contribution is 2.53. The molecule has 3 rings (SSSR count). The largest absolute Gasteiger partial charge is 0.360 e. The summed E-state index contributed by atoms with van der Waals surface area (Å²) in [7, 11) is 0. The molecular weight excluding hydrogens is 362 g/mol. The van der Waals surface area contributed by atoms with Gasteiger partial charge in [-0.2, -0.15) is 17.6 Å². The molecule has 1 aromatic heterocycles. The van der Waals surface area contributed by atoms with Gasteiger partial charge in [0, 0.05) is 23.7 Å². The van der Waals surface area contributed by atoms with Crippen LogP contribution in [0, 0.1) is 0 Å². The topological polar surface area (TPSA) is 12.9 Å². The lowest BCUT2D eigenvalue weighted by molar-refractivity contribution is -0.153. The Kier molecular flexibility index (Phi) is 4.97. The Balaban J connectivity index is 1.71. The molecule has 6 heteroatoms. The van der Waals surface area contributed by atoms with E-state index >= 15 is 0 Å². The number of rotatable bonds is 5. The van der Waals surface area contributed by atoms with E-state index in [9.17, 15) is 17.6 Å². The molecule has 0 N–H and O–H groups in total. The van der Waals surface area contributed by atoms with Crippen LogP contribution in [-0.2, 0) is 6.42 Å². The van der Waals surface area contributed by atoms with Gasteiger partial charge < -0.3 is 0 Å². The van der Waals surface area contributed by atoms with Crippen LogP contribution in [0.4, 0.5) is 17.6 Å². The minimum Gasteiger partial charge on any atom is -0.265 e. The van der Waals surface area contributed by atoms with E-state index in [0.717, 1.165) is 16.7 Å². The summed E-state index contributed by atoms with van der Waals surface area (Å²) in [6.45, 7) is 8.05. The van der Waals surface area contributed by atoms with Gasteiger partial charge in [-0.15, -0.1) is 0 Å². The van der Waals surface area contributed by atoms with Gasteiger partial charge in [0.2, 0.25) is 0 Å². The normalized spacial score (nSPS) is 17.4. The number of pyridine rings is 1. The number of thioether (sulfide) groups is 1. The van der Waals surface area contributed by atoms with Crippen LogP contribution in [0.25, 0.3) is 11.1 Å². The van der Waals surface area contributed by atoms with Gasteiger partial charge in [0.25, 0.3) is 0 Å². The Labute approximate surface area is 153 Å². The molecule has 0 unspecified atom stereocenters. The van der Waals surface area contributed by atoms with Gasteiger partial charge in [0.15, 0.2) is 0 Å². The van der Waals surface area contributed by atoms with E-state index in [1.807, 2.05) is 12.1 Å².